The van der Waals surface area contributed by atoms with Crippen LogP contribution in [0, 0.1) is 5.92 Å². The Hall–Kier alpha value is -1.30. The molecule has 6 nitrogen and oxygen atoms in total. The van der Waals surface area contributed by atoms with Crippen LogP contribution in [0.4, 0.5) is 4.79 Å². The monoisotopic (exact) mass is 229 g/mol. The zero-order valence-electron chi connectivity index (χ0n) is 9.57. The second kappa shape index (κ2) is 6.32. The molecule has 0 aromatic rings. The second-order valence-electron chi connectivity index (χ2n) is 3.80. The Labute approximate surface area is 95.1 Å². The maximum Gasteiger partial charge on any atom is 0.325 e. The average Bonchev–Trinajstić information content (AvgIpc) is 2.75. The van der Waals surface area contributed by atoms with Crippen LogP contribution in [0.25, 0.3) is 0 Å². The van der Waals surface area contributed by atoms with Crippen LogP contribution in [0.3, 0.4) is 0 Å². The highest BCUT2D eigenvalue weighted by atomic mass is 16.5. The van der Waals surface area contributed by atoms with Crippen LogP contribution in [-0.2, 0) is 9.53 Å². The van der Waals surface area contributed by atoms with Crippen molar-refractivity contribution in [3.8, 4) is 0 Å². The van der Waals surface area contributed by atoms with Crippen molar-refractivity contribution in [3.05, 3.63) is 0 Å². The lowest BCUT2D eigenvalue weighted by Gasteiger charge is -2.16. The number of nitrogens with one attached hydrogen (secondary N) is 1. The maximum absolute atomic E-state index is 11.6. The van der Waals surface area contributed by atoms with E-state index in [0.29, 0.717) is 32.2 Å². The molecule has 92 valence electrons. The molecule has 1 atom stereocenters. The minimum atomic E-state index is -0.412. The molecule has 0 bridgehead atoms. The van der Waals surface area contributed by atoms with E-state index in [4.69, 9.17) is 10.5 Å². The summed E-state index contributed by atoms with van der Waals surface area (Å²) in [4.78, 5) is 24.3. The summed E-state index contributed by atoms with van der Waals surface area (Å²) < 4.78 is 4.71. The van der Waals surface area contributed by atoms with Crippen LogP contribution >= 0.6 is 0 Å². The Morgan fingerprint density at radius 1 is 1.56 bits per heavy atom. The molecule has 0 saturated carbocycles. The van der Waals surface area contributed by atoms with Gasteiger partial charge in [-0.25, -0.2) is 4.79 Å². The van der Waals surface area contributed by atoms with Gasteiger partial charge in [-0.05, 0) is 25.8 Å². The van der Waals surface area contributed by atoms with E-state index < -0.39 is 5.97 Å². The number of rotatable bonds is 4. The Kier molecular flexibility index (Phi) is 5.04. The number of carbonyl (C=O) groups is 2. The number of amides is 2. The molecule has 6 heteroatoms. The first-order valence-corrected chi connectivity index (χ1v) is 5.55. The summed E-state index contributed by atoms with van der Waals surface area (Å²) in [6.45, 7) is 3.96. The number of hydrogen-bond donors (Lipinski definition) is 2. The molecule has 0 aromatic carbocycles. The minimum Gasteiger partial charge on any atom is -0.465 e. The smallest absolute Gasteiger partial charge is 0.325 e. The van der Waals surface area contributed by atoms with Crippen molar-refractivity contribution in [1.29, 1.82) is 0 Å². The molecule has 1 fully saturated rings. The average molecular weight is 229 g/mol. The summed E-state index contributed by atoms with van der Waals surface area (Å²) in [7, 11) is 0. The fourth-order valence-corrected chi connectivity index (χ4v) is 1.68. The van der Waals surface area contributed by atoms with Gasteiger partial charge in [-0.1, -0.05) is 0 Å². The lowest BCUT2D eigenvalue weighted by Crippen LogP contribution is -2.41. The van der Waals surface area contributed by atoms with Crippen molar-refractivity contribution in [3.63, 3.8) is 0 Å². The van der Waals surface area contributed by atoms with Crippen molar-refractivity contribution >= 4 is 12.0 Å². The van der Waals surface area contributed by atoms with Gasteiger partial charge < -0.3 is 20.7 Å². The van der Waals surface area contributed by atoms with Gasteiger partial charge in [0.15, 0.2) is 0 Å². The molecule has 1 saturated heterocycles. The highest BCUT2D eigenvalue weighted by Crippen LogP contribution is 2.14. The van der Waals surface area contributed by atoms with Gasteiger partial charge in [-0.2, -0.15) is 0 Å². The molecule has 0 radical (unpaired) electrons. The number of ether oxygens (including phenoxy) is 1. The topological polar surface area (TPSA) is 84.7 Å². The number of nitrogens with zero attached hydrogens (tertiary/aromatic N) is 1. The number of urea groups is 1. The van der Waals surface area contributed by atoms with E-state index >= 15 is 0 Å². The molecule has 3 N–H and O–H groups in total. The fourth-order valence-electron chi connectivity index (χ4n) is 1.68. The summed E-state index contributed by atoms with van der Waals surface area (Å²) in [5, 5.41) is 2.53. The van der Waals surface area contributed by atoms with Crippen LogP contribution in [-0.4, -0.2) is 49.7 Å². The van der Waals surface area contributed by atoms with E-state index in [-0.39, 0.29) is 12.6 Å². The van der Waals surface area contributed by atoms with E-state index in [1.807, 2.05) is 0 Å². The highest BCUT2D eigenvalue weighted by molar-refractivity contribution is 5.80. The van der Waals surface area contributed by atoms with Crippen molar-refractivity contribution in [2.75, 3.05) is 32.8 Å². The van der Waals surface area contributed by atoms with Crippen molar-refractivity contribution < 1.29 is 14.3 Å². The number of carbonyl (C=O) groups excluding carboxylic acids is 2. The van der Waals surface area contributed by atoms with Gasteiger partial charge in [-0.3, -0.25) is 4.79 Å². The summed E-state index contributed by atoms with van der Waals surface area (Å²) in [5.74, 6) is -0.0289. The first-order valence-electron chi connectivity index (χ1n) is 5.55. The van der Waals surface area contributed by atoms with E-state index in [0.717, 1.165) is 6.42 Å². The largest absolute Gasteiger partial charge is 0.465 e. The van der Waals surface area contributed by atoms with Gasteiger partial charge in [0.05, 0.1) is 6.61 Å². The van der Waals surface area contributed by atoms with Crippen molar-refractivity contribution in [2.24, 2.45) is 11.7 Å². The van der Waals surface area contributed by atoms with Crippen molar-refractivity contribution in [2.45, 2.75) is 13.3 Å². The summed E-state index contributed by atoms with van der Waals surface area (Å²) in [5.41, 5.74) is 5.53. The Bertz CT molecular complexity index is 258. The maximum atomic E-state index is 11.6. The van der Waals surface area contributed by atoms with Crippen LogP contribution in [0.5, 0.6) is 0 Å². The standard InChI is InChI=1S/C10H19N3O3/c1-2-16-9(14)6-12-10(15)13-4-3-8(5-11)7-13/h8H,2-7,11H2,1H3,(H,12,15). The molecule has 1 rings (SSSR count). The van der Waals surface area contributed by atoms with Crippen LogP contribution in [0.1, 0.15) is 13.3 Å². The first kappa shape index (κ1) is 12.8. The van der Waals surface area contributed by atoms with Crippen LogP contribution in [0.15, 0.2) is 0 Å². The third kappa shape index (κ3) is 3.69. The number of esters is 1. The quantitative estimate of drug-likeness (QED) is 0.639. The summed E-state index contributed by atoms with van der Waals surface area (Å²) >= 11 is 0. The van der Waals surface area contributed by atoms with E-state index in [2.05, 4.69) is 5.32 Å². The molecule has 1 heterocycles. The summed E-state index contributed by atoms with van der Waals surface area (Å²) in [6.07, 6.45) is 0.934. The van der Waals surface area contributed by atoms with E-state index in [1.54, 1.807) is 11.8 Å². The van der Waals surface area contributed by atoms with Gasteiger partial charge in [0.1, 0.15) is 6.54 Å². The Morgan fingerprint density at radius 3 is 2.88 bits per heavy atom. The van der Waals surface area contributed by atoms with Crippen molar-refractivity contribution in [1.82, 2.24) is 10.2 Å². The first-order chi connectivity index (χ1) is 7.67. The van der Waals surface area contributed by atoms with Gasteiger partial charge in [0, 0.05) is 13.1 Å². The lowest BCUT2D eigenvalue weighted by molar-refractivity contribution is -0.141. The third-order valence-electron chi connectivity index (χ3n) is 2.60. The zero-order chi connectivity index (χ0) is 12.0. The molecule has 16 heavy (non-hydrogen) atoms. The van der Waals surface area contributed by atoms with Crippen LogP contribution in [0.2, 0.25) is 0 Å². The predicted octanol–water partition coefficient (Wildman–Crippen LogP) is -0.460. The molecule has 1 unspecified atom stereocenters. The van der Waals surface area contributed by atoms with Gasteiger partial charge in [0.2, 0.25) is 0 Å². The molecule has 0 aromatic heterocycles. The Morgan fingerprint density at radius 2 is 2.31 bits per heavy atom. The third-order valence-corrected chi connectivity index (χ3v) is 2.60. The molecule has 0 spiro atoms. The van der Waals surface area contributed by atoms with Crippen LogP contribution < -0.4 is 11.1 Å². The number of hydrogen-bond acceptors (Lipinski definition) is 4. The number of nitrogens with two attached hydrogens (primary N) is 1. The molecule has 1 aliphatic rings. The van der Waals surface area contributed by atoms with E-state index in [9.17, 15) is 9.59 Å². The normalized spacial score (nSPS) is 19.6. The molecule has 2 amide bonds. The molecule has 1 aliphatic heterocycles. The fraction of sp³-hybridized carbons (Fsp3) is 0.800. The minimum absolute atomic E-state index is 0.0730. The number of likely N-dealkylation sites (tertiary alicyclic amines) is 1. The highest BCUT2D eigenvalue weighted by Gasteiger charge is 2.25. The SMILES string of the molecule is CCOC(=O)CNC(=O)N1CCC(CN)C1. The van der Waals surface area contributed by atoms with Gasteiger partial charge in [-0.15, -0.1) is 0 Å². The summed E-state index contributed by atoms with van der Waals surface area (Å²) in [6, 6.07) is -0.219. The van der Waals surface area contributed by atoms with Gasteiger partial charge in [0.25, 0.3) is 0 Å². The van der Waals surface area contributed by atoms with E-state index in [1.165, 1.54) is 0 Å². The zero-order valence-corrected chi connectivity index (χ0v) is 9.57. The molecular weight excluding hydrogens is 210 g/mol. The van der Waals surface area contributed by atoms with Gasteiger partial charge >= 0.3 is 12.0 Å². The molecular formula is C10H19N3O3. The molecule has 0 aliphatic carbocycles. The lowest BCUT2D eigenvalue weighted by atomic mass is 10.1. The predicted molar refractivity (Wildman–Crippen MR) is 58.8 cm³/mol. The second-order valence-corrected chi connectivity index (χ2v) is 3.80. The Balaban J connectivity index is 2.23.